The van der Waals surface area contributed by atoms with Gasteiger partial charge in [0, 0.05) is 32.2 Å². The van der Waals surface area contributed by atoms with Crippen LogP contribution in [0.2, 0.25) is 0 Å². The van der Waals surface area contributed by atoms with Crippen LogP contribution in [0, 0.1) is 5.92 Å². The number of ether oxygens (including phenoxy) is 1. The predicted molar refractivity (Wildman–Crippen MR) is 72.2 cm³/mol. The fraction of sp³-hybridized carbons (Fsp3) is 1.00. The Kier molecular flexibility index (Phi) is 6.41. The summed E-state index contributed by atoms with van der Waals surface area (Å²) in [6.45, 7) is 12.5. The van der Waals surface area contributed by atoms with Crippen molar-refractivity contribution < 1.29 is 4.74 Å². The quantitative estimate of drug-likeness (QED) is 0.743. The minimum absolute atomic E-state index is 0.348. The monoisotopic (exact) mass is 243 g/mol. The molecule has 1 aliphatic heterocycles. The zero-order valence-corrected chi connectivity index (χ0v) is 11.9. The molecule has 1 saturated heterocycles. The van der Waals surface area contributed by atoms with Crippen LogP contribution in [0.1, 0.15) is 20.8 Å². The van der Waals surface area contributed by atoms with Crippen molar-refractivity contribution in [2.75, 3.05) is 46.4 Å². The van der Waals surface area contributed by atoms with Crippen LogP contribution in [0.3, 0.4) is 0 Å². The molecule has 1 aliphatic rings. The summed E-state index contributed by atoms with van der Waals surface area (Å²) < 4.78 is 5.83. The van der Waals surface area contributed by atoms with Crippen molar-refractivity contribution in [3.63, 3.8) is 0 Å². The summed E-state index contributed by atoms with van der Waals surface area (Å²) in [6, 6.07) is 0.620. The molecule has 1 rings (SSSR count). The number of hydrogen-bond acceptors (Lipinski definition) is 4. The molecule has 2 atom stereocenters. The molecule has 0 aromatic heterocycles. The molecule has 4 heteroatoms. The first-order valence-corrected chi connectivity index (χ1v) is 6.77. The van der Waals surface area contributed by atoms with E-state index in [0.29, 0.717) is 18.1 Å². The Hall–Kier alpha value is -0.160. The van der Waals surface area contributed by atoms with Gasteiger partial charge in [-0.25, -0.2) is 0 Å². The molecule has 2 N–H and O–H groups in total. The Morgan fingerprint density at radius 3 is 2.71 bits per heavy atom. The number of likely N-dealkylation sites (N-methyl/N-ethyl adjacent to an activating group) is 1. The van der Waals surface area contributed by atoms with Crippen molar-refractivity contribution in [1.29, 1.82) is 0 Å². The normalized spacial score (nSPS) is 24.5. The van der Waals surface area contributed by atoms with E-state index in [0.717, 1.165) is 39.3 Å². The van der Waals surface area contributed by atoms with Crippen molar-refractivity contribution >= 4 is 0 Å². The number of morpholine rings is 1. The minimum Gasteiger partial charge on any atom is -0.374 e. The SMILES string of the molecule is CC(CN)CN(C)CC1CN(C(C)C)CCO1. The first-order chi connectivity index (χ1) is 8.02. The third kappa shape index (κ3) is 5.34. The lowest BCUT2D eigenvalue weighted by Crippen LogP contribution is -2.49. The number of nitrogens with two attached hydrogens (primary N) is 1. The second kappa shape index (κ2) is 7.31. The van der Waals surface area contributed by atoms with Gasteiger partial charge in [0.1, 0.15) is 0 Å². The Morgan fingerprint density at radius 2 is 2.12 bits per heavy atom. The molecule has 0 saturated carbocycles. The summed E-state index contributed by atoms with van der Waals surface area (Å²) in [5.41, 5.74) is 5.65. The van der Waals surface area contributed by atoms with Gasteiger partial charge in [0.25, 0.3) is 0 Å². The van der Waals surface area contributed by atoms with Gasteiger partial charge in [-0.3, -0.25) is 4.90 Å². The van der Waals surface area contributed by atoms with Crippen LogP contribution in [-0.2, 0) is 4.74 Å². The fourth-order valence-corrected chi connectivity index (χ4v) is 2.35. The summed E-state index contributed by atoms with van der Waals surface area (Å²) in [5, 5.41) is 0. The van der Waals surface area contributed by atoms with E-state index in [1.54, 1.807) is 0 Å². The summed E-state index contributed by atoms with van der Waals surface area (Å²) in [7, 11) is 2.16. The average Bonchev–Trinajstić information content (AvgIpc) is 2.28. The zero-order chi connectivity index (χ0) is 12.8. The highest BCUT2D eigenvalue weighted by molar-refractivity contribution is 4.76. The summed E-state index contributed by atoms with van der Waals surface area (Å²) >= 11 is 0. The van der Waals surface area contributed by atoms with Crippen LogP contribution >= 0.6 is 0 Å². The van der Waals surface area contributed by atoms with Crippen molar-refractivity contribution in [2.45, 2.75) is 32.9 Å². The maximum Gasteiger partial charge on any atom is 0.0829 e. The largest absolute Gasteiger partial charge is 0.374 e. The molecule has 0 aromatic rings. The van der Waals surface area contributed by atoms with E-state index in [1.807, 2.05) is 0 Å². The van der Waals surface area contributed by atoms with Crippen LogP contribution in [0.25, 0.3) is 0 Å². The molecule has 1 heterocycles. The molecule has 0 amide bonds. The standard InChI is InChI=1S/C13H29N3O/c1-11(2)16-5-6-17-13(10-16)9-15(4)8-12(3)7-14/h11-13H,5-10,14H2,1-4H3. The summed E-state index contributed by atoms with van der Waals surface area (Å²) in [5.74, 6) is 0.560. The second-order valence-electron chi connectivity index (χ2n) is 5.64. The Balaban J connectivity index is 2.30. The maximum atomic E-state index is 5.83. The molecule has 0 radical (unpaired) electrons. The van der Waals surface area contributed by atoms with Crippen LogP contribution in [0.15, 0.2) is 0 Å². The highest BCUT2D eigenvalue weighted by Crippen LogP contribution is 2.10. The molecule has 1 fully saturated rings. The lowest BCUT2D eigenvalue weighted by atomic mass is 10.1. The first-order valence-electron chi connectivity index (χ1n) is 6.77. The van der Waals surface area contributed by atoms with E-state index in [9.17, 15) is 0 Å². The van der Waals surface area contributed by atoms with Crippen molar-refractivity contribution in [2.24, 2.45) is 11.7 Å². The first kappa shape index (κ1) is 14.9. The minimum atomic E-state index is 0.348. The van der Waals surface area contributed by atoms with E-state index in [4.69, 9.17) is 10.5 Å². The fourth-order valence-electron chi connectivity index (χ4n) is 2.35. The van der Waals surface area contributed by atoms with E-state index in [-0.39, 0.29) is 0 Å². The molecule has 102 valence electrons. The van der Waals surface area contributed by atoms with Gasteiger partial charge in [-0.1, -0.05) is 6.92 Å². The third-order valence-electron chi connectivity index (χ3n) is 3.44. The van der Waals surface area contributed by atoms with Crippen molar-refractivity contribution in [3.8, 4) is 0 Å². The molecular weight excluding hydrogens is 214 g/mol. The van der Waals surface area contributed by atoms with E-state index in [2.05, 4.69) is 37.6 Å². The predicted octanol–water partition coefficient (Wildman–Crippen LogP) is 0.622. The Morgan fingerprint density at radius 1 is 1.41 bits per heavy atom. The Bertz CT molecular complexity index is 211. The maximum absolute atomic E-state index is 5.83. The highest BCUT2D eigenvalue weighted by atomic mass is 16.5. The molecule has 0 aromatic carbocycles. The molecule has 0 aliphatic carbocycles. The third-order valence-corrected chi connectivity index (χ3v) is 3.44. The van der Waals surface area contributed by atoms with Gasteiger partial charge in [0.2, 0.25) is 0 Å². The molecule has 2 unspecified atom stereocenters. The lowest BCUT2D eigenvalue weighted by molar-refractivity contribution is -0.0503. The number of rotatable bonds is 6. The summed E-state index contributed by atoms with van der Waals surface area (Å²) in [6.07, 6.45) is 0.348. The van der Waals surface area contributed by atoms with E-state index in [1.165, 1.54) is 0 Å². The van der Waals surface area contributed by atoms with Gasteiger partial charge in [-0.2, -0.15) is 0 Å². The molecular formula is C13H29N3O. The highest BCUT2D eigenvalue weighted by Gasteiger charge is 2.23. The van der Waals surface area contributed by atoms with Crippen LogP contribution in [0.5, 0.6) is 0 Å². The number of nitrogens with zero attached hydrogens (tertiary/aromatic N) is 2. The van der Waals surface area contributed by atoms with Crippen molar-refractivity contribution in [3.05, 3.63) is 0 Å². The molecule has 0 bridgehead atoms. The Labute approximate surface area is 106 Å². The summed E-state index contributed by atoms with van der Waals surface area (Å²) in [4.78, 5) is 4.83. The van der Waals surface area contributed by atoms with Crippen LogP contribution < -0.4 is 5.73 Å². The molecule has 17 heavy (non-hydrogen) atoms. The molecule has 0 spiro atoms. The lowest BCUT2D eigenvalue weighted by Gasteiger charge is -2.37. The van der Waals surface area contributed by atoms with Crippen LogP contribution in [0.4, 0.5) is 0 Å². The smallest absolute Gasteiger partial charge is 0.0829 e. The second-order valence-corrected chi connectivity index (χ2v) is 5.64. The number of hydrogen-bond donors (Lipinski definition) is 1. The average molecular weight is 243 g/mol. The van der Waals surface area contributed by atoms with Gasteiger partial charge in [-0.15, -0.1) is 0 Å². The van der Waals surface area contributed by atoms with Gasteiger partial charge in [-0.05, 0) is 33.4 Å². The van der Waals surface area contributed by atoms with Gasteiger partial charge < -0.3 is 15.4 Å². The van der Waals surface area contributed by atoms with Gasteiger partial charge in [0.15, 0.2) is 0 Å². The van der Waals surface area contributed by atoms with Crippen LogP contribution in [-0.4, -0.2) is 68.3 Å². The van der Waals surface area contributed by atoms with Gasteiger partial charge >= 0.3 is 0 Å². The van der Waals surface area contributed by atoms with Gasteiger partial charge in [0.05, 0.1) is 12.7 Å². The van der Waals surface area contributed by atoms with Crippen molar-refractivity contribution in [1.82, 2.24) is 9.80 Å². The van der Waals surface area contributed by atoms with E-state index >= 15 is 0 Å². The topological polar surface area (TPSA) is 41.7 Å². The molecule has 4 nitrogen and oxygen atoms in total. The van der Waals surface area contributed by atoms with E-state index < -0.39 is 0 Å². The zero-order valence-electron chi connectivity index (χ0n) is 11.9.